The van der Waals surface area contributed by atoms with E-state index in [0.29, 0.717) is 0 Å². The molecule has 5 heteroatoms. The molecular formula is C13H21BN2O2. The Balaban J connectivity index is 2.35. The highest BCUT2D eigenvalue weighted by Gasteiger charge is 2.52. The minimum atomic E-state index is -0.370. The maximum atomic E-state index is 6.03. The molecule has 1 fully saturated rings. The Labute approximate surface area is 109 Å². The van der Waals surface area contributed by atoms with Gasteiger partial charge in [0.2, 0.25) is 0 Å². The minimum Gasteiger partial charge on any atom is -0.399 e. The van der Waals surface area contributed by atoms with Crippen LogP contribution in [0.1, 0.15) is 33.4 Å². The smallest absolute Gasteiger partial charge is 0.399 e. The molecule has 0 amide bonds. The highest BCUT2D eigenvalue weighted by molar-refractivity contribution is 6.63. The van der Waals surface area contributed by atoms with E-state index in [-0.39, 0.29) is 18.3 Å². The van der Waals surface area contributed by atoms with Crippen LogP contribution in [0.4, 0.5) is 5.82 Å². The first-order valence-corrected chi connectivity index (χ1v) is 6.28. The molecule has 4 nitrogen and oxygen atoms in total. The Bertz CT molecular complexity index is 444. The molecule has 2 heterocycles. The molecule has 18 heavy (non-hydrogen) atoms. The zero-order chi connectivity index (χ0) is 13.6. The van der Waals surface area contributed by atoms with Crippen molar-refractivity contribution in [2.75, 3.05) is 12.4 Å². The molecule has 1 aromatic rings. The Morgan fingerprint density at radius 1 is 1.11 bits per heavy atom. The molecule has 1 aliphatic heterocycles. The number of hydrogen-bond donors (Lipinski definition) is 1. The van der Waals surface area contributed by atoms with Gasteiger partial charge < -0.3 is 14.6 Å². The number of aromatic nitrogens is 1. The fourth-order valence-electron chi connectivity index (χ4n) is 1.93. The number of hydrogen-bond acceptors (Lipinski definition) is 4. The Kier molecular flexibility index (Phi) is 3.15. The number of aryl methyl sites for hydroxylation is 1. The van der Waals surface area contributed by atoms with E-state index in [1.165, 1.54) is 0 Å². The van der Waals surface area contributed by atoms with Gasteiger partial charge >= 0.3 is 7.12 Å². The van der Waals surface area contributed by atoms with Gasteiger partial charge in [-0.05, 0) is 40.7 Å². The van der Waals surface area contributed by atoms with Gasteiger partial charge in [-0.25, -0.2) is 4.98 Å². The second kappa shape index (κ2) is 4.25. The largest absolute Gasteiger partial charge is 0.498 e. The van der Waals surface area contributed by atoms with Gasteiger partial charge in [0.25, 0.3) is 0 Å². The van der Waals surface area contributed by atoms with E-state index in [4.69, 9.17) is 9.31 Å². The zero-order valence-electron chi connectivity index (χ0n) is 12.0. The summed E-state index contributed by atoms with van der Waals surface area (Å²) in [5, 5.41) is 3.10. The third-order valence-electron chi connectivity index (χ3n) is 3.81. The lowest BCUT2D eigenvalue weighted by atomic mass is 9.79. The summed E-state index contributed by atoms with van der Waals surface area (Å²) in [6, 6.07) is 3.98. The van der Waals surface area contributed by atoms with E-state index < -0.39 is 0 Å². The van der Waals surface area contributed by atoms with Crippen LogP contribution >= 0.6 is 0 Å². The van der Waals surface area contributed by atoms with E-state index >= 15 is 0 Å². The second-order valence-corrected chi connectivity index (χ2v) is 5.73. The topological polar surface area (TPSA) is 43.4 Å². The van der Waals surface area contributed by atoms with Crippen LogP contribution in [-0.4, -0.2) is 30.4 Å². The lowest BCUT2D eigenvalue weighted by molar-refractivity contribution is 0.00578. The first kappa shape index (κ1) is 13.4. The van der Waals surface area contributed by atoms with Crippen molar-refractivity contribution in [2.45, 2.75) is 45.8 Å². The van der Waals surface area contributed by atoms with Crippen LogP contribution < -0.4 is 10.8 Å². The number of nitrogens with one attached hydrogen (secondary N) is 1. The van der Waals surface area contributed by atoms with Crippen LogP contribution in [0.15, 0.2) is 12.1 Å². The summed E-state index contributed by atoms with van der Waals surface area (Å²) >= 11 is 0. The van der Waals surface area contributed by atoms with Gasteiger partial charge in [0.05, 0.1) is 11.2 Å². The minimum absolute atomic E-state index is 0.326. The highest BCUT2D eigenvalue weighted by atomic mass is 16.7. The summed E-state index contributed by atoms with van der Waals surface area (Å²) in [6.07, 6.45) is 0. The van der Waals surface area contributed by atoms with Crippen molar-refractivity contribution in [1.29, 1.82) is 0 Å². The second-order valence-electron chi connectivity index (χ2n) is 5.73. The summed E-state index contributed by atoms with van der Waals surface area (Å²) in [6.45, 7) is 10.2. The van der Waals surface area contributed by atoms with Crippen molar-refractivity contribution in [2.24, 2.45) is 0 Å². The molecule has 1 aliphatic rings. The number of pyridine rings is 1. The lowest BCUT2D eigenvalue weighted by Gasteiger charge is -2.32. The molecule has 0 radical (unpaired) electrons. The van der Waals surface area contributed by atoms with Crippen molar-refractivity contribution in [3.05, 3.63) is 17.8 Å². The van der Waals surface area contributed by atoms with Crippen molar-refractivity contribution in [1.82, 2.24) is 4.98 Å². The average molecular weight is 248 g/mol. The normalized spacial score (nSPS) is 21.1. The van der Waals surface area contributed by atoms with E-state index in [9.17, 15) is 0 Å². The van der Waals surface area contributed by atoms with Crippen LogP contribution in [0.3, 0.4) is 0 Å². The summed E-state index contributed by atoms with van der Waals surface area (Å²) in [7, 11) is 1.49. The third-order valence-corrected chi connectivity index (χ3v) is 3.81. The van der Waals surface area contributed by atoms with Gasteiger partial charge in [0.1, 0.15) is 5.82 Å². The molecular weight excluding hydrogens is 227 g/mol. The predicted octanol–water partition coefficient (Wildman–Crippen LogP) is 1.73. The lowest BCUT2D eigenvalue weighted by Crippen LogP contribution is -2.41. The number of anilines is 1. The fourth-order valence-corrected chi connectivity index (χ4v) is 1.93. The summed E-state index contributed by atoms with van der Waals surface area (Å²) in [5.74, 6) is 0.813. The molecule has 1 saturated heterocycles. The third kappa shape index (κ3) is 2.13. The van der Waals surface area contributed by atoms with Crippen molar-refractivity contribution in [3.8, 4) is 0 Å². The maximum absolute atomic E-state index is 6.03. The first-order chi connectivity index (χ1) is 8.27. The average Bonchev–Trinajstić information content (AvgIpc) is 2.47. The Morgan fingerprint density at radius 2 is 1.67 bits per heavy atom. The van der Waals surface area contributed by atoms with Crippen LogP contribution in [0.25, 0.3) is 0 Å². The molecule has 2 rings (SSSR count). The zero-order valence-corrected chi connectivity index (χ0v) is 12.0. The van der Waals surface area contributed by atoms with Crippen molar-refractivity contribution >= 4 is 18.4 Å². The standard InChI is InChI=1S/C13H21BN2O2/c1-9-7-8-10(11(15-6)16-9)14-17-12(2,3)13(4,5)18-14/h7-8H,1-6H3,(H,15,16). The molecule has 0 aromatic carbocycles. The van der Waals surface area contributed by atoms with Crippen molar-refractivity contribution < 1.29 is 9.31 Å². The molecule has 0 atom stereocenters. The van der Waals surface area contributed by atoms with Crippen molar-refractivity contribution in [3.63, 3.8) is 0 Å². The molecule has 0 bridgehead atoms. The van der Waals surface area contributed by atoms with Gasteiger partial charge in [0.15, 0.2) is 0 Å². The van der Waals surface area contributed by atoms with E-state index in [0.717, 1.165) is 17.0 Å². The Morgan fingerprint density at radius 3 is 2.17 bits per heavy atom. The Hall–Kier alpha value is -1.07. The monoisotopic (exact) mass is 248 g/mol. The van der Waals surface area contributed by atoms with Gasteiger partial charge in [-0.15, -0.1) is 0 Å². The van der Waals surface area contributed by atoms with Gasteiger partial charge in [0, 0.05) is 18.2 Å². The first-order valence-electron chi connectivity index (χ1n) is 6.28. The molecule has 98 valence electrons. The number of nitrogens with zero attached hydrogens (tertiary/aromatic N) is 1. The summed E-state index contributed by atoms with van der Waals surface area (Å²) in [4.78, 5) is 4.46. The summed E-state index contributed by atoms with van der Waals surface area (Å²) < 4.78 is 12.1. The number of rotatable bonds is 2. The molecule has 1 N–H and O–H groups in total. The van der Waals surface area contributed by atoms with Gasteiger partial charge in [-0.3, -0.25) is 0 Å². The fraction of sp³-hybridized carbons (Fsp3) is 0.615. The highest BCUT2D eigenvalue weighted by Crippen LogP contribution is 2.36. The molecule has 0 aliphatic carbocycles. The van der Waals surface area contributed by atoms with E-state index in [1.807, 2.05) is 53.8 Å². The maximum Gasteiger partial charge on any atom is 0.498 e. The van der Waals surface area contributed by atoms with Crippen LogP contribution in [0, 0.1) is 6.92 Å². The quantitative estimate of drug-likeness (QED) is 0.809. The molecule has 1 aromatic heterocycles. The van der Waals surface area contributed by atoms with Gasteiger partial charge in [-0.1, -0.05) is 6.07 Å². The molecule has 0 unspecified atom stereocenters. The SMILES string of the molecule is CNc1nc(C)ccc1B1OC(C)(C)C(C)(C)O1. The molecule has 0 saturated carbocycles. The van der Waals surface area contributed by atoms with Gasteiger partial charge in [-0.2, -0.15) is 0 Å². The van der Waals surface area contributed by atoms with Crippen LogP contribution in [0.2, 0.25) is 0 Å². The van der Waals surface area contributed by atoms with Crippen LogP contribution in [0.5, 0.6) is 0 Å². The van der Waals surface area contributed by atoms with E-state index in [2.05, 4.69) is 10.3 Å². The molecule has 0 spiro atoms. The summed E-state index contributed by atoms with van der Waals surface area (Å²) in [5.41, 5.74) is 1.27. The van der Waals surface area contributed by atoms with Crippen LogP contribution in [-0.2, 0) is 9.31 Å². The predicted molar refractivity (Wildman–Crippen MR) is 74.2 cm³/mol. The van der Waals surface area contributed by atoms with E-state index in [1.54, 1.807) is 0 Å².